The van der Waals surface area contributed by atoms with Crippen LogP contribution >= 0.6 is 0 Å². The molecule has 2 aromatic rings. The summed E-state index contributed by atoms with van der Waals surface area (Å²) in [6.07, 6.45) is 3.68. The van der Waals surface area contributed by atoms with Crippen molar-refractivity contribution in [1.29, 1.82) is 0 Å². The van der Waals surface area contributed by atoms with E-state index in [-0.39, 0.29) is 0 Å². The summed E-state index contributed by atoms with van der Waals surface area (Å²) in [5.74, 6) is 3.33. The summed E-state index contributed by atoms with van der Waals surface area (Å²) in [7, 11) is 0.915. The third kappa shape index (κ3) is 3.00. The highest BCUT2D eigenvalue weighted by Crippen LogP contribution is 2.35. The molecular formula is C17H23N3OS. The molecule has 0 radical (unpaired) electrons. The van der Waals surface area contributed by atoms with Gasteiger partial charge < -0.3 is 4.57 Å². The zero-order chi connectivity index (χ0) is 15.7. The molecule has 1 atom stereocenters. The van der Waals surface area contributed by atoms with Crippen LogP contribution in [0.2, 0.25) is 0 Å². The van der Waals surface area contributed by atoms with E-state index < -0.39 is 10.8 Å². The van der Waals surface area contributed by atoms with Crippen LogP contribution in [0.25, 0.3) is 0 Å². The van der Waals surface area contributed by atoms with Crippen LogP contribution in [0, 0.1) is 0 Å². The lowest BCUT2D eigenvalue weighted by Crippen LogP contribution is -2.15. The molecule has 118 valence electrons. The lowest BCUT2D eigenvalue weighted by molar-refractivity contribution is 0.391. The predicted octanol–water partition coefficient (Wildman–Crippen LogP) is 3.51. The van der Waals surface area contributed by atoms with Crippen LogP contribution < -0.4 is 0 Å². The molecule has 1 aromatic heterocycles. The van der Waals surface area contributed by atoms with Crippen LogP contribution in [0.3, 0.4) is 0 Å². The van der Waals surface area contributed by atoms with Crippen LogP contribution in [0.15, 0.2) is 29.2 Å². The molecule has 3 rings (SSSR count). The van der Waals surface area contributed by atoms with Crippen molar-refractivity contribution in [2.45, 2.75) is 55.6 Å². The quantitative estimate of drug-likeness (QED) is 0.848. The maximum absolute atomic E-state index is 12.5. The monoisotopic (exact) mass is 317 g/mol. The molecule has 22 heavy (non-hydrogen) atoms. The topological polar surface area (TPSA) is 47.8 Å². The molecule has 1 aliphatic rings. The Kier molecular flexibility index (Phi) is 4.43. The molecule has 0 aliphatic heterocycles. The van der Waals surface area contributed by atoms with E-state index >= 15 is 0 Å². The minimum atomic E-state index is -1.07. The van der Waals surface area contributed by atoms with E-state index in [0.717, 1.165) is 16.5 Å². The van der Waals surface area contributed by atoms with Crippen molar-refractivity contribution < 1.29 is 4.21 Å². The number of rotatable bonds is 5. The van der Waals surface area contributed by atoms with E-state index in [0.29, 0.717) is 17.6 Å². The van der Waals surface area contributed by atoms with Crippen molar-refractivity contribution in [3.63, 3.8) is 0 Å². The van der Waals surface area contributed by atoms with Crippen LogP contribution in [0.5, 0.6) is 0 Å². The molecular weight excluding hydrogens is 294 g/mol. The lowest BCUT2D eigenvalue weighted by atomic mass is 9.85. The van der Waals surface area contributed by atoms with Crippen LogP contribution in [-0.4, -0.2) is 19.0 Å². The minimum absolute atomic E-state index is 0.428. The average Bonchev–Trinajstić information content (AvgIpc) is 2.79. The highest BCUT2D eigenvalue weighted by Gasteiger charge is 2.25. The number of hydrogen-bond acceptors (Lipinski definition) is 3. The SMILES string of the molecule is CC(C)c1ccc(S(=O)Cc2nnc(C3CCC3)n2C)cc1. The summed E-state index contributed by atoms with van der Waals surface area (Å²) in [5, 5.41) is 8.55. The molecule has 1 fully saturated rings. The molecule has 1 aliphatic carbocycles. The highest BCUT2D eigenvalue weighted by molar-refractivity contribution is 7.84. The van der Waals surface area contributed by atoms with E-state index in [9.17, 15) is 4.21 Å². The van der Waals surface area contributed by atoms with Gasteiger partial charge in [-0.15, -0.1) is 10.2 Å². The third-order valence-electron chi connectivity index (χ3n) is 4.54. The molecule has 0 saturated heterocycles. The van der Waals surface area contributed by atoms with Crippen LogP contribution in [-0.2, 0) is 23.6 Å². The Labute approximate surface area is 134 Å². The first-order chi connectivity index (χ1) is 10.6. The van der Waals surface area contributed by atoms with E-state index in [1.54, 1.807) is 0 Å². The first-order valence-corrected chi connectivity index (χ1v) is 9.24. The van der Waals surface area contributed by atoms with Crippen molar-refractivity contribution in [1.82, 2.24) is 14.8 Å². The van der Waals surface area contributed by atoms with Gasteiger partial charge in [0.25, 0.3) is 0 Å². The van der Waals surface area contributed by atoms with Crippen molar-refractivity contribution in [3.05, 3.63) is 41.5 Å². The van der Waals surface area contributed by atoms with Gasteiger partial charge in [-0.05, 0) is 36.5 Å². The summed E-state index contributed by atoms with van der Waals surface area (Å²) in [6, 6.07) is 8.06. The number of benzene rings is 1. The van der Waals surface area contributed by atoms with Gasteiger partial charge in [0.15, 0.2) is 0 Å². The van der Waals surface area contributed by atoms with Crippen molar-refractivity contribution >= 4 is 10.8 Å². The normalized spacial score (nSPS) is 16.7. The first kappa shape index (κ1) is 15.4. The van der Waals surface area contributed by atoms with Gasteiger partial charge in [-0.1, -0.05) is 32.4 Å². The Balaban J connectivity index is 1.72. The van der Waals surface area contributed by atoms with Gasteiger partial charge in [-0.3, -0.25) is 4.21 Å². The van der Waals surface area contributed by atoms with E-state index in [1.807, 2.05) is 23.7 Å². The minimum Gasteiger partial charge on any atom is -0.317 e. The zero-order valence-electron chi connectivity index (χ0n) is 13.5. The third-order valence-corrected chi connectivity index (χ3v) is 5.86. The van der Waals surface area contributed by atoms with E-state index in [1.165, 1.54) is 24.8 Å². The predicted molar refractivity (Wildman–Crippen MR) is 88.2 cm³/mol. The summed E-state index contributed by atoms with van der Waals surface area (Å²) in [5.41, 5.74) is 1.27. The average molecular weight is 317 g/mol. The second-order valence-corrected chi connectivity index (χ2v) is 7.83. The zero-order valence-corrected chi connectivity index (χ0v) is 14.3. The Morgan fingerprint density at radius 2 is 1.91 bits per heavy atom. The Morgan fingerprint density at radius 1 is 1.23 bits per heavy atom. The molecule has 0 N–H and O–H groups in total. The van der Waals surface area contributed by atoms with Crippen LogP contribution in [0.4, 0.5) is 0 Å². The summed E-state index contributed by atoms with van der Waals surface area (Å²) in [6.45, 7) is 4.32. The molecule has 0 spiro atoms. The van der Waals surface area contributed by atoms with Crippen LogP contribution in [0.1, 0.15) is 62.2 Å². The van der Waals surface area contributed by atoms with Gasteiger partial charge in [0.05, 0.1) is 16.6 Å². The Bertz CT molecular complexity index is 672. The number of nitrogens with zero attached hydrogens (tertiary/aromatic N) is 3. The summed E-state index contributed by atoms with van der Waals surface area (Å²) < 4.78 is 14.6. The van der Waals surface area contributed by atoms with Crippen molar-refractivity contribution in [2.75, 3.05) is 0 Å². The summed E-state index contributed by atoms with van der Waals surface area (Å²) >= 11 is 0. The summed E-state index contributed by atoms with van der Waals surface area (Å²) in [4.78, 5) is 0.859. The number of aromatic nitrogens is 3. The van der Waals surface area contributed by atoms with Crippen molar-refractivity contribution in [3.8, 4) is 0 Å². The molecule has 5 heteroatoms. The molecule has 4 nitrogen and oxygen atoms in total. The van der Waals surface area contributed by atoms with Gasteiger partial charge in [0.1, 0.15) is 11.6 Å². The fourth-order valence-corrected chi connectivity index (χ4v) is 3.82. The van der Waals surface area contributed by atoms with E-state index in [4.69, 9.17) is 0 Å². The van der Waals surface area contributed by atoms with Crippen molar-refractivity contribution in [2.24, 2.45) is 7.05 Å². The maximum Gasteiger partial charge on any atom is 0.145 e. The second-order valence-electron chi connectivity index (χ2n) is 6.37. The lowest BCUT2D eigenvalue weighted by Gasteiger charge is -2.24. The van der Waals surface area contributed by atoms with Gasteiger partial charge in [-0.2, -0.15) is 0 Å². The molecule has 0 amide bonds. The molecule has 1 aromatic carbocycles. The molecule has 1 saturated carbocycles. The molecule has 1 unspecified atom stereocenters. The fraction of sp³-hybridized carbons (Fsp3) is 0.529. The molecule has 1 heterocycles. The standard InChI is InChI=1S/C17H23N3OS/c1-12(2)13-7-9-15(10-8-13)22(21)11-16-18-19-17(20(16)3)14-5-4-6-14/h7-10,12,14H,4-6,11H2,1-3H3. The van der Waals surface area contributed by atoms with E-state index in [2.05, 4.69) is 36.2 Å². The largest absolute Gasteiger partial charge is 0.317 e. The van der Waals surface area contributed by atoms with Gasteiger partial charge in [-0.25, -0.2) is 0 Å². The fourth-order valence-electron chi connectivity index (χ4n) is 2.73. The van der Waals surface area contributed by atoms with Gasteiger partial charge in [0, 0.05) is 17.9 Å². The smallest absolute Gasteiger partial charge is 0.145 e. The van der Waals surface area contributed by atoms with Gasteiger partial charge in [0.2, 0.25) is 0 Å². The highest BCUT2D eigenvalue weighted by atomic mass is 32.2. The second kappa shape index (κ2) is 6.32. The molecule has 0 bridgehead atoms. The number of hydrogen-bond donors (Lipinski definition) is 0. The first-order valence-electron chi connectivity index (χ1n) is 7.92. The Morgan fingerprint density at radius 3 is 2.45 bits per heavy atom. The Hall–Kier alpha value is -1.49. The van der Waals surface area contributed by atoms with Gasteiger partial charge >= 0.3 is 0 Å². The maximum atomic E-state index is 12.5.